The number of ether oxygens (including phenoxy) is 2. The molecule has 1 aromatic carbocycles. The summed E-state index contributed by atoms with van der Waals surface area (Å²) in [4.78, 5) is 4.51. The second-order valence-electron chi connectivity index (χ2n) is 3.86. The van der Waals surface area contributed by atoms with Gasteiger partial charge < -0.3 is 9.47 Å². The van der Waals surface area contributed by atoms with Gasteiger partial charge >= 0.3 is 0 Å². The molecule has 0 spiro atoms. The highest BCUT2D eigenvalue weighted by molar-refractivity contribution is 6.36. The average Bonchev–Trinajstić information content (AvgIpc) is 2.34. The van der Waals surface area contributed by atoms with E-state index < -0.39 is 0 Å². The largest absolute Gasteiger partial charge is 0.497 e. The molecule has 3 nitrogen and oxygen atoms in total. The van der Waals surface area contributed by atoms with Gasteiger partial charge in [-0.3, -0.25) is 4.98 Å². The number of fused-ring (bicyclic) bond motifs is 1. The highest BCUT2D eigenvalue weighted by Gasteiger charge is 2.13. The lowest BCUT2D eigenvalue weighted by Crippen LogP contribution is -1.95. The van der Waals surface area contributed by atoms with Crippen molar-refractivity contribution in [2.75, 3.05) is 14.2 Å². The van der Waals surface area contributed by atoms with Crippen molar-refractivity contribution in [3.05, 3.63) is 28.4 Å². The summed E-state index contributed by atoms with van der Waals surface area (Å²) in [5.74, 6) is 1.39. The van der Waals surface area contributed by atoms with Crippen LogP contribution in [-0.2, 0) is 0 Å². The van der Waals surface area contributed by atoms with Crippen LogP contribution in [0.25, 0.3) is 10.9 Å². The number of hydrogen-bond donors (Lipinski definition) is 0. The van der Waals surface area contributed by atoms with E-state index in [1.807, 2.05) is 26.0 Å². The molecular formula is C13H14ClNO2. The van der Waals surface area contributed by atoms with Gasteiger partial charge in [-0.2, -0.15) is 0 Å². The van der Waals surface area contributed by atoms with E-state index in [-0.39, 0.29) is 0 Å². The summed E-state index contributed by atoms with van der Waals surface area (Å²) in [6.45, 7) is 3.89. The van der Waals surface area contributed by atoms with E-state index in [1.165, 1.54) is 0 Å². The van der Waals surface area contributed by atoms with Crippen molar-refractivity contribution in [3.8, 4) is 11.5 Å². The summed E-state index contributed by atoms with van der Waals surface area (Å²) in [6.07, 6.45) is 0. The van der Waals surface area contributed by atoms with Crippen molar-refractivity contribution >= 4 is 22.5 Å². The first-order valence-electron chi connectivity index (χ1n) is 5.27. The van der Waals surface area contributed by atoms with Crippen molar-refractivity contribution in [1.29, 1.82) is 0 Å². The van der Waals surface area contributed by atoms with Crippen molar-refractivity contribution in [3.63, 3.8) is 0 Å². The van der Waals surface area contributed by atoms with E-state index >= 15 is 0 Å². The predicted octanol–water partition coefficient (Wildman–Crippen LogP) is 3.52. The van der Waals surface area contributed by atoms with Gasteiger partial charge in [0.15, 0.2) is 0 Å². The van der Waals surface area contributed by atoms with Crippen molar-refractivity contribution in [2.45, 2.75) is 13.8 Å². The first kappa shape index (κ1) is 12.0. The van der Waals surface area contributed by atoms with Gasteiger partial charge in [0.2, 0.25) is 0 Å². The third-order valence-corrected chi connectivity index (χ3v) is 3.36. The maximum absolute atomic E-state index is 6.35. The number of benzene rings is 1. The lowest BCUT2D eigenvalue weighted by molar-refractivity contribution is 0.398. The maximum Gasteiger partial charge on any atom is 0.133 e. The molecule has 2 rings (SSSR count). The van der Waals surface area contributed by atoms with E-state index in [1.54, 1.807) is 14.2 Å². The van der Waals surface area contributed by atoms with Crippen LogP contribution < -0.4 is 9.47 Å². The first-order chi connectivity index (χ1) is 8.08. The molecule has 0 unspecified atom stereocenters. The van der Waals surface area contributed by atoms with E-state index in [4.69, 9.17) is 21.1 Å². The summed E-state index contributed by atoms with van der Waals surface area (Å²) in [5.41, 5.74) is 2.68. The molecule has 0 bridgehead atoms. The molecule has 0 saturated carbocycles. The zero-order chi connectivity index (χ0) is 12.6. The molecule has 0 amide bonds. The van der Waals surface area contributed by atoms with Gasteiger partial charge in [0.25, 0.3) is 0 Å². The van der Waals surface area contributed by atoms with Gasteiger partial charge in [-0.1, -0.05) is 11.6 Å². The number of pyridine rings is 1. The second-order valence-corrected chi connectivity index (χ2v) is 4.24. The fourth-order valence-corrected chi connectivity index (χ4v) is 2.10. The molecule has 0 radical (unpaired) electrons. The molecule has 0 saturated heterocycles. The summed E-state index contributed by atoms with van der Waals surface area (Å²) in [5, 5.41) is 1.52. The minimum absolute atomic E-state index is 0.681. The Balaban J connectivity index is 2.89. The van der Waals surface area contributed by atoms with Crippen molar-refractivity contribution < 1.29 is 9.47 Å². The Morgan fingerprint density at radius 1 is 1.12 bits per heavy atom. The Bertz CT molecular complexity index is 581. The Kier molecular flexibility index (Phi) is 3.11. The number of halogens is 1. The summed E-state index contributed by atoms with van der Waals surface area (Å²) in [7, 11) is 3.23. The van der Waals surface area contributed by atoms with Crippen LogP contribution in [0.4, 0.5) is 0 Å². The zero-order valence-electron chi connectivity index (χ0n) is 10.3. The first-order valence-corrected chi connectivity index (χ1v) is 5.64. The van der Waals surface area contributed by atoms with Gasteiger partial charge in [-0.15, -0.1) is 0 Å². The fraction of sp³-hybridized carbons (Fsp3) is 0.308. The third kappa shape index (κ3) is 1.91. The lowest BCUT2D eigenvalue weighted by atomic mass is 10.1. The minimum Gasteiger partial charge on any atom is -0.497 e. The molecule has 0 fully saturated rings. The normalized spacial score (nSPS) is 10.6. The highest BCUT2D eigenvalue weighted by Crippen LogP contribution is 2.37. The number of aryl methyl sites for hydroxylation is 1. The quantitative estimate of drug-likeness (QED) is 0.818. The van der Waals surface area contributed by atoms with Crippen molar-refractivity contribution in [2.24, 2.45) is 0 Å². The molecule has 1 aromatic heterocycles. The van der Waals surface area contributed by atoms with Crippen LogP contribution in [0.5, 0.6) is 11.5 Å². The number of aromatic nitrogens is 1. The van der Waals surface area contributed by atoms with Crippen LogP contribution in [-0.4, -0.2) is 19.2 Å². The van der Waals surface area contributed by atoms with Gasteiger partial charge in [0.1, 0.15) is 11.5 Å². The van der Waals surface area contributed by atoms with Crippen LogP contribution in [0.1, 0.15) is 11.3 Å². The topological polar surface area (TPSA) is 31.4 Å². The Labute approximate surface area is 105 Å². The zero-order valence-corrected chi connectivity index (χ0v) is 11.1. The second kappa shape index (κ2) is 4.41. The highest BCUT2D eigenvalue weighted by atomic mass is 35.5. The molecule has 2 aromatic rings. The van der Waals surface area contributed by atoms with Gasteiger partial charge in [0, 0.05) is 17.8 Å². The number of hydrogen-bond acceptors (Lipinski definition) is 3. The molecule has 17 heavy (non-hydrogen) atoms. The molecule has 0 atom stereocenters. The maximum atomic E-state index is 6.35. The minimum atomic E-state index is 0.681. The molecule has 0 aliphatic rings. The Morgan fingerprint density at radius 3 is 2.41 bits per heavy atom. The summed E-state index contributed by atoms with van der Waals surface area (Å²) >= 11 is 6.35. The third-order valence-electron chi connectivity index (χ3n) is 2.89. The molecule has 0 N–H and O–H groups in total. The molecule has 0 aliphatic carbocycles. The van der Waals surface area contributed by atoms with Gasteiger partial charge in [-0.05, 0) is 19.4 Å². The Hall–Kier alpha value is -1.48. The number of rotatable bonds is 2. The van der Waals surface area contributed by atoms with Gasteiger partial charge in [-0.25, -0.2) is 0 Å². The van der Waals surface area contributed by atoms with Gasteiger partial charge in [0.05, 0.1) is 30.1 Å². The van der Waals surface area contributed by atoms with Crippen molar-refractivity contribution in [1.82, 2.24) is 4.98 Å². The van der Waals surface area contributed by atoms with E-state index in [2.05, 4.69) is 4.98 Å². The van der Waals surface area contributed by atoms with Crippen LogP contribution in [0.15, 0.2) is 12.1 Å². The predicted molar refractivity (Wildman–Crippen MR) is 69.3 cm³/mol. The van der Waals surface area contributed by atoms with Crippen LogP contribution in [0.3, 0.4) is 0 Å². The summed E-state index contributed by atoms with van der Waals surface area (Å²) < 4.78 is 10.6. The standard InChI is InChI=1S/C13H14ClNO2/c1-7-8(2)15-10-5-9(16-3)6-11(17-4)12(10)13(7)14/h5-6H,1-4H3. The van der Waals surface area contributed by atoms with Crippen LogP contribution >= 0.6 is 11.6 Å². The lowest BCUT2D eigenvalue weighted by Gasteiger charge is -2.12. The van der Waals surface area contributed by atoms with E-state index in [9.17, 15) is 0 Å². The molecule has 1 heterocycles. The monoisotopic (exact) mass is 251 g/mol. The van der Waals surface area contributed by atoms with E-state index in [0.717, 1.165) is 22.2 Å². The number of methoxy groups -OCH3 is 2. The smallest absolute Gasteiger partial charge is 0.133 e. The van der Waals surface area contributed by atoms with Crippen LogP contribution in [0.2, 0.25) is 5.02 Å². The molecule has 4 heteroatoms. The fourth-order valence-electron chi connectivity index (χ4n) is 1.77. The summed E-state index contributed by atoms with van der Waals surface area (Å²) in [6, 6.07) is 3.67. The number of nitrogens with zero attached hydrogens (tertiary/aromatic N) is 1. The molecule has 90 valence electrons. The van der Waals surface area contributed by atoms with Crippen LogP contribution in [0, 0.1) is 13.8 Å². The van der Waals surface area contributed by atoms with E-state index in [0.29, 0.717) is 16.5 Å². The average molecular weight is 252 g/mol. The SMILES string of the molecule is COc1cc(OC)c2c(Cl)c(C)c(C)nc2c1. The Morgan fingerprint density at radius 2 is 1.82 bits per heavy atom. The molecule has 0 aliphatic heterocycles. The molecular weight excluding hydrogens is 238 g/mol.